The van der Waals surface area contributed by atoms with Gasteiger partial charge in [0.15, 0.2) is 6.10 Å². The molecule has 3 aromatic rings. The number of hydrogen-bond acceptors (Lipinski definition) is 7. The smallest absolute Gasteiger partial charge is 0.421 e. The fourth-order valence-electron chi connectivity index (χ4n) is 3.52. The summed E-state index contributed by atoms with van der Waals surface area (Å²) in [5, 5.41) is 10.5. The van der Waals surface area contributed by atoms with Gasteiger partial charge in [0, 0.05) is 36.3 Å². The predicted molar refractivity (Wildman–Crippen MR) is 126 cm³/mol. The molecule has 1 atom stereocenters. The fraction of sp³-hybridized carbons (Fsp3) is 0.304. The van der Waals surface area contributed by atoms with E-state index < -0.39 is 12.2 Å². The monoisotopic (exact) mass is 453 g/mol. The van der Waals surface area contributed by atoms with Gasteiger partial charge in [-0.2, -0.15) is 0 Å². The predicted octanol–water partition coefficient (Wildman–Crippen LogP) is 3.19. The molecule has 0 radical (unpaired) electrons. The summed E-state index contributed by atoms with van der Waals surface area (Å²) < 4.78 is 12.8. The second-order valence-electron chi connectivity index (χ2n) is 7.71. The van der Waals surface area contributed by atoms with Crippen molar-refractivity contribution in [3.63, 3.8) is 0 Å². The minimum Gasteiger partial charge on any atom is -0.481 e. The highest BCUT2D eigenvalue weighted by Gasteiger charge is 2.21. The van der Waals surface area contributed by atoms with Crippen molar-refractivity contribution in [1.29, 1.82) is 5.41 Å². The van der Waals surface area contributed by atoms with Crippen molar-refractivity contribution in [2.24, 2.45) is 5.73 Å². The van der Waals surface area contributed by atoms with Gasteiger partial charge in [0.1, 0.15) is 18.2 Å². The summed E-state index contributed by atoms with van der Waals surface area (Å²) in [5.41, 5.74) is 9.38. The van der Waals surface area contributed by atoms with Gasteiger partial charge in [-0.25, -0.2) is 9.80 Å². The SMILES string of the molecule is CN1CCN(NC(=O)OCC(Oc2cccc3sc(C(=N)N)cc23)c2ccccc2)CC1. The third-order valence-electron chi connectivity index (χ3n) is 5.35. The first-order valence-corrected chi connectivity index (χ1v) is 11.3. The number of carbonyl (C=O) groups excluding carboxylic acids is 1. The highest BCUT2D eigenvalue weighted by molar-refractivity contribution is 7.20. The number of nitrogens with zero attached hydrogens (tertiary/aromatic N) is 2. The van der Waals surface area contributed by atoms with Crippen LogP contribution in [0.2, 0.25) is 0 Å². The van der Waals surface area contributed by atoms with Crippen LogP contribution < -0.4 is 15.9 Å². The van der Waals surface area contributed by atoms with E-state index in [0.29, 0.717) is 10.6 Å². The number of amidine groups is 1. The van der Waals surface area contributed by atoms with Crippen LogP contribution in [0, 0.1) is 5.41 Å². The standard InChI is InChI=1S/C23H27N5O3S/c1-27-10-12-28(13-11-27)26-23(29)30-15-19(16-6-3-2-4-7-16)31-18-8-5-9-20-17(18)14-21(32-20)22(24)25/h2-9,14,19H,10-13,15H2,1H3,(H3,24,25)(H,26,29). The first kappa shape index (κ1) is 22.1. The summed E-state index contributed by atoms with van der Waals surface area (Å²) in [7, 11) is 2.06. The maximum atomic E-state index is 12.4. The lowest BCUT2D eigenvalue weighted by atomic mass is 10.1. The van der Waals surface area contributed by atoms with Gasteiger partial charge in [-0.1, -0.05) is 36.4 Å². The van der Waals surface area contributed by atoms with Gasteiger partial charge in [-0.15, -0.1) is 11.3 Å². The highest BCUT2D eigenvalue weighted by atomic mass is 32.1. The Morgan fingerprint density at radius 2 is 1.91 bits per heavy atom. The first-order chi connectivity index (χ1) is 15.5. The molecular weight excluding hydrogens is 426 g/mol. The van der Waals surface area contributed by atoms with Crippen LogP contribution in [-0.2, 0) is 4.74 Å². The molecule has 9 heteroatoms. The summed E-state index contributed by atoms with van der Waals surface area (Å²) in [5.74, 6) is 0.684. The van der Waals surface area contributed by atoms with Crippen molar-refractivity contribution in [3.8, 4) is 5.75 Å². The van der Waals surface area contributed by atoms with E-state index in [0.717, 1.165) is 41.8 Å². The third kappa shape index (κ3) is 5.37. The second kappa shape index (κ2) is 9.99. The summed E-state index contributed by atoms with van der Waals surface area (Å²) in [6.45, 7) is 3.35. The number of nitrogens with two attached hydrogens (primary N) is 1. The highest BCUT2D eigenvalue weighted by Crippen LogP contribution is 2.35. The van der Waals surface area contributed by atoms with Crippen molar-refractivity contribution >= 4 is 33.4 Å². The Kier molecular flexibility index (Phi) is 6.89. The maximum Gasteiger partial charge on any atom is 0.421 e. The van der Waals surface area contributed by atoms with Crippen molar-refractivity contribution in [3.05, 3.63) is 65.0 Å². The topological polar surface area (TPSA) is 104 Å². The van der Waals surface area contributed by atoms with E-state index in [2.05, 4.69) is 17.4 Å². The van der Waals surface area contributed by atoms with Gasteiger partial charge in [-0.3, -0.25) is 10.8 Å². The molecule has 0 spiro atoms. The molecule has 1 fully saturated rings. The van der Waals surface area contributed by atoms with E-state index in [1.54, 1.807) is 0 Å². The molecule has 32 heavy (non-hydrogen) atoms. The van der Waals surface area contributed by atoms with E-state index in [4.69, 9.17) is 20.6 Å². The number of carbonyl (C=O) groups is 1. The number of fused-ring (bicyclic) bond motifs is 1. The van der Waals surface area contributed by atoms with Crippen molar-refractivity contribution in [1.82, 2.24) is 15.3 Å². The molecule has 0 aliphatic carbocycles. The molecule has 4 rings (SSSR count). The van der Waals surface area contributed by atoms with Gasteiger partial charge in [0.05, 0.1) is 4.88 Å². The van der Waals surface area contributed by atoms with Crippen LogP contribution in [0.15, 0.2) is 54.6 Å². The lowest BCUT2D eigenvalue weighted by molar-refractivity contribution is 0.0513. The molecule has 1 unspecified atom stereocenters. The van der Waals surface area contributed by atoms with Gasteiger partial charge in [0.2, 0.25) is 0 Å². The van der Waals surface area contributed by atoms with Crippen molar-refractivity contribution in [2.75, 3.05) is 39.8 Å². The average molecular weight is 454 g/mol. The fourth-order valence-corrected chi connectivity index (χ4v) is 4.46. The second-order valence-corrected chi connectivity index (χ2v) is 8.79. The Labute approximate surface area is 191 Å². The normalized spacial score (nSPS) is 15.9. The van der Waals surface area contributed by atoms with E-state index in [1.165, 1.54) is 11.3 Å². The van der Waals surface area contributed by atoms with Crippen LogP contribution in [-0.4, -0.2) is 61.7 Å². The summed E-state index contributed by atoms with van der Waals surface area (Å²) in [6, 6.07) is 17.3. The lowest BCUT2D eigenvalue weighted by Crippen LogP contribution is -2.52. The lowest BCUT2D eigenvalue weighted by Gasteiger charge is -2.32. The summed E-state index contributed by atoms with van der Waals surface area (Å²) in [4.78, 5) is 15.3. The molecule has 1 aliphatic heterocycles. The molecule has 0 saturated carbocycles. The number of nitrogens with one attached hydrogen (secondary N) is 2. The minimum absolute atomic E-state index is 0.0284. The number of amides is 1. The molecule has 1 amide bonds. The molecule has 8 nitrogen and oxygen atoms in total. The molecule has 1 aliphatic rings. The number of benzene rings is 2. The third-order valence-corrected chi connectivity index (χ3v) is 6.48. The molecule has 2 heterocycles. The first-order valence-electron chi connectivity index (χ1n) is 10.4. The zero-order valence-electron chi connectivity index (χ0n) is 17.9. The molecule has 0 bridgehead atoms. The molecule has 1 aromatic heterocycles. The van der Waals surface area contributed by atoms with E-state index in [-0.39, 0.29) is 12.4 Å². The number of nitrogen functional groups attached to an aromatic ring is 1. The minimum atomic E-state index is -0.494. The average Bonchev–Trinajstić information content (AvgIpc) is 3.24. The van der Waals surface area contributed by atoms with E-state index in [1.807, 2.05) is 59.6 Å². The number of ether oxygens (including phenoxy) is 2. The van der Waals surface area contributed by atoms with Crippen LogP contribution in [0.25, 0.3) is 10.1 Å². The number of thiophene rings is 1. The van der Waals surface area contributed by atoms with Gasteiger partial charge >= 0.3 is 6.09 Å². The van der Waals surface area contributed by atoms with Crippen LogP contribution in [0.4, 0.5) is 4.79 Å². The van der Waals surface area contributed by atoms with Crippen LogP contribution in [0.1, 0.15) is 16.5 Å². The molecular formula is C23H27N5O3S. The quantitative estimate of drug-likeness (QED) is 0.375. The maximum absolute atomic E-state index is 12.4. The van der Waals surface area contributed by atoms with Crippen molar-refractivity contribution in [2.45, 2.75) is 6.10 Å². The van der Waals surface area contributed by atoms with Crippen LogP contribution in [0.3, 0.4) is 0 Å². The number of hydrogen-bond donors (Lipinski definition) is 3. The number of rotatable bonds is 7. The molecule has 1 saturated heterocycles. The molecule has 4 N–H and O–H groups in total. The van der Waals surface area contributed by atoms with Gasteiger partial charge in [-0.05, 0) is 30.8 Å². The zero-order chi connectivity index (χ0) is 22.5. The Balaban J connectivity index is 1.48. The Morgan fingerprint density at radius 1 is 1.16 bits per heavy atom. The zero-order valence-corrected chi connectivity index (χ0v) is 18.7. The van der Waals surface area contributed by atoms with Gasteiger partial charge in [0.25, 0.3) is 0 Å². The van der Waals surface area contributed by atoms with Crippen LogP contribution in [0.5, 0.6) is 5.75 Å². The number of piperazine rings is 1. The summed E-state index contributed by atoms with van der Waals surface area (Å²) in [6.07, 6.45) is -0.979. The molecule has 2 aromatic carbocycles. The Morgan fingerprint density at radius 3 is 2.62 bits per heavy atom. The Hall–Kier alpha value is -3.14. The number of hydrazine groups is 1. The van der Waals surface area contributed by atoms with Gasteiger partial charge < -0.3 is 20.1 Å². The van der Waals surface area contributed by atoms with Crippen LogP contribution >= 0.6 is 11.3 Å². The largest absolute Gasteiger partial charge is 0.481 e. The van der Waals surface area contributed by atoms with E-state index >= 15 is 0 Å². The van der Waals surface area contributed by atoms with Crippen molar-refractivity contribution < 1.29 is 14.3 Å². The molecule has 168 valence electrons. The Bertz CT molecular complexity index is 1080. The number of likely N-dealkylation sites (N-methyl/N-ethyl adjacent to an activating group) is 1. The van der Waals surface area contributed by atoms with E-state index in [9.17, 15) is 4.79 Å². The summed E-state index contributed by atoms with van der Waals surface area (Å²) >= 11 is 1.45.